The van der Waals surface area contributed by atoms with E-state index < -0.39 is 0 Å². The SMILES string of the molecule is Cn1c(=O)n(CC(=O)N2CCC(N)C(C)(C)C2)c2ccccc21. The molecule has 1 saturated heterocycles. The van der Waals surface area contributed by atoms with Gasteiger partial charge in [-0.25, -0.2) is 4.79 Å². The molecule has 0 bridgehead atoms. The van der Waals surface area contributed by atoms with Gasteiger partial charge < -0.3 is 10.6 Å². The van der Waals surface area contributed by atoms with Gasteiger partial charge in [-0.3, -0.25) is 13.9 Å². The summed E-state index contributed by atoms with van der Waals surface area (Å²) >= 11 is 0. The monoisotopic (exact) mass is 316 g/mol. The molecule has 1 amide bonds. The van der Waals surface area contributed by atoms with Crippen LogP contribution in [-0.2, 0) is 18.4 Å². The van der Waals surface area contributed by atoms with Crippen LogP contribution in [0.2, 0.25) is 0 Å². The van der Waals surface area contributed by atoms with E-state index in [2.05, 4.69) is 13.8 Å². The van der Waals surface area contributed by atoms with Crippen molar-refractivity contribution >= 4 is 16.9 Å². The number of aromatic nitrogens is 2. The number of piperidine rings is 1. The van der Waals surface area contributed by atoms with Crippen LogP contribution < -0.4 is 11.4 Å². The van der Waals surface area contributed by atoms with Crippen molar-refractivity contribution in [2.24, 2.45) is 18.2 Å². The largest absolute Gasteiger partial charge is 0.340 e. The average molecular weight is 316 g/mol. The van der Waals surface area contributed by atoms with E-state index in [9.17, 15) is 9.59 Å². The number of rotatable bonds is 2. The molecule has 1 aromatic heterocycles. The highest BCUT2D eigenvalue weighted by Crippen LogP contribution is 2.27. The second-order valence-electron chi connectivity index (χ2n) is 7.12. The van der Waals surface area contributed by atoms with E-state index in [0.29, 0.717) is 13.1 Å². The fourth-order valence-electron chi connectivity index (χ4n) is 3.34. The molecule has 0 spiro atoms. The molecule has 1 fully saturated rings. The summed E-state index contributed by atoms with van der Waals surface area (Å²) in [6.07, 6.45) is 0.795. The minimum Gasteiger partial charge on any atom is -0.340 e. The standard InChI is InChI=1S/C17H24N4O2/c1-17(2)11-20(9-8-14(17)18)15(22)10-21-13-7-5-4-6-12(13)19(3)16(21)23/h4-7,14H,8-11,18H2,1-3H3. The van der Waals surface area contributed by atoms with Crippen LogP contribution in [0.15, 0.2) is 29.1 Å². The van der Waals surface area contributed by atoms with Gasteiger partial charge in [-0.15, -0.1) is 0 Å². The molecule has 1 unspecified atom stereocenters. The zero-order chi connectivity index (χ0) is 16.8. The Hall–Kier alpha value is -2.08. The van der Waals surface area contributed by atoms with Crippen molar-refractivity contribution in [1.82, 2.24) is 14.0 Å². The van der Waals surface area contributed by atoms with E-state index >= 15 is 0 Å². The normalized spacial score (nSPS) is 20.9. The minimum atomic E-state index is -0.160. The fourth-order valence-corrected chi connectivity index (χ4v) is 3.34. The van der Waals surface area contributed by atoms with Crippen molar-refractivity contribution in [3.63, 3.8) is 0 Å². The Balaban J connectivity index is 1.87. The highest BCUT2D eigenvalue weighted by Gasteiger charge is 2.35. The van der Waals surface area contributed by atoms with Crippen molar-refractivity contribution in [2.45, 2.75) is 32.9 Å². The highest BCUT2D eigenvalue weighted by atomic mass is 16.2. The number of carbonyl (C=O) groups excluding carboxylic acids is 1. The summed E-state index contributed by atoms with van der Waals surface area (Å²) in [5.41, 5.74) is 7.51. The smallest absolute Gasteiger partial charge is 0.329 e. The van der Waals surface area contributed by atoms with Crippen molar-refractivity contribution in [2.75, 3.05) is 13.1 Å². The maximum atomic E-state index is 12.7. The zero-order valence-corrected chi connectivity index (χ0v) is 14.0. The van der Waals surface area contributed by atoms with Crippen LogP contribution in [0, 0.1) is 5.41 Å². The molecule has 1 aromatic carbocycles. The summed E-state index contributed by atoms with van der Waals surface area (Å²) in [5.74, 6) is -0.0246. The van der Waals surface area contributed by atoms with E-state index in [4.69, 9.17) is 5.73 Å². The molecule has 3 rings (SSSR count). The molecule has 6 heteroatoms. The number of nitrogens with two attached hydrogens (primary N) is 1. The quantitative estimate of drug-likeness (QED) is 0.895. The summed E-state index contributed by atoms with van der Waals surface area (Å²) in [6.45, 7) is 5.53. The van der Waals surface area contributed by atoms with Gasteiger partial charge in [0.05, 0.1) is 11.0 Å². The third-order valence-corrected chi connectivity index (χ3v) is 5.01. The summed E-state index contributed by atoms with van der Waals surface area (Å²) < 4.78 is 3.14. The molecule has 6 nitrogen and oxygen atoms in total. The van der Waals surface area contributed by atoms with Crippen molar-refractivity contribution in [3.05, 3.63) is 34.7 Å². The Bertz CT molecular complexity index is 803. The summed E-state index contributed by atoms with van der Waals surface area (Å²) in [7, 11) is 1.73. The van der Waals surface area contributed by atoms with E-state index in [1.54, 1.807) is 16.2 Å². The number of fused-ring (bicyclic) bond motifs is 1. The van der Waals surface area contributed by atoms with E-state index in [1.807, 2.05) is 29.2 Å². The van der Waals surface area contributed by atoms with Crippen LogP contribution in [0.3, 0.4) is 0 Å². The fraction of sp³-hybridized carbons (Fsp3) is 0.529. The highest BCUT2D eigenvalue weighted by molar-refractivity contribution is 5.81. The lowest BCUT2D eigenvalue weighted by Crippen LogP contribution is -2.54. The van der Waals surface area contributed by atoms with Crippen LogP contribution in [0.25, 0.3) is 11.0 Å². The van der Waals surface area contributed by atoms with Gasteiger partial charge in [0.15, 0.2) is 0 Å². The maximum absolute atomic E-state index is 12.7. The molecule has 2 aromatic rings. The maximum Gasteiger partial charge on any atom is 0.329 e. The Labute approximate surface area is 135 Å². The molecule has 1 aliphatic heterocycles. The van der Waals surface area contributed by atoms with Crippen LogP contribution in [0.5, 0.6) is 0 Å². The number of amides is 1. The molecule has 1 aliphatic rings. The Morgan fingerprint density at radius 3 is 2.61 bits per heavy atom. The number of nitrogens with zero attached hydrogens (tertiary/aromatic N) is 3. The van der Waals surface area contributed by atoms with Gasteiger partial charge in [0, 0.05) is 26.2 Å². The van der Waals surface area contributed by atoms with Gasteiger partial charge >= 0.3 is 5.69 Å². The first-order valence-electron chi connectivity index (χ1n) is 7.99. The molecule has 0 radical (unpaired) electrons. The average Bonchev–Trinajstić information content (AvgIpc) is 2.75. The Morgan fingerprint density at radius 2 is 1.96 bits per heavy atom. The van der Waals surface area contributed by atoms with Gasteiger partial charge in [-0.05, 0) is 24.0 Å². The topological polar surface area (TPSA) is 73.3 Å². The molecule has 124 valence electrons. The lowest BCUT2D eigenvalue weighted by molar-refractivity contribution is -0.135. The number of hydrogen-bond donors (Lipinski definition) is 1. The number of likely N-dealkylation sites (tertiary alicyclic amines) is 1. The molecule has 0 saturated carbocycles. The van der Waals surface area contributed by atoms with Crippen molar-refractivity contribution in [1.29, 1.82) is 0 Å². The number of carbonyl (C=O) groups is 1. The van der Waals surface area contributed by atoms with E-state index in [-0.39, 0.29) is 29.6 Å². The van der Waals surface area contributed by atoms with Gasteiger partial charge in [-0.1, -0.05) is 26.0 Å². The molecule has 23 heavy (non-hydrogen) atoms. The Kier molecular flexibility index (Phi) is 3.80. The van der Waals surface area contributed by atoms with Crippen LogP contribution >= 0.6 is 0 Å². The first-order chi connectivity index (χ1) is 10.8. The number of aryl methyl sites for hydroxylation is 1. The minimum absolute atomic E-state index is 0.0246. The first kappa shape index (κ1) is 15.8. The number of hydrogen-bond acceptors (Lipinski definition) is 3. The zero-order valence-electron chi connectivity index (χ0n) is 14.0. The predicted molar refractivity (Wildman–Crippen MR) is 90.1 cm³/mol. The van der Waals surface area contributed by atoms with Crippen LogP contribution in [-0.4, -0.2) is 39.1 Å². The third-order valence-electron chi connectivity index (χ3n) is 5.01. The molecule has 2 N–H and O–H groups in total. The van der Waals surface area contributed by atoms with Crippen molar-refractivity contribution < 1.29 is 4.79 Å². The summed E-state index contributed by atoms with van der Waals surface area (Å²) in [5, 5.41) is 0. The van der Waals surface area contributed by atoms with Gasteiger partial charge in [-0.2, -0.15) is 0 Å². The van der Waals surface area contributed by atoms with Crippen LogP contribution in [0.4, 0.5) is 0 Å². The van der Waals surface area contributed by atoms with E-state index in [0.717, 1.165) is 17.5 Å². The van der Waals surface area contributed by atoms with Crippen molar-refractivity contribution in [3.8, 4) is 0 Å². The second kappa shape index (κ2) is 5.53. The van der Waals surface area contributed by atoms with Crippen LogP contribution in [0.1, 0.15) is 20.3 Å². The lowest BCUT2D eigenvalue weighted by Gasteiger charge is -2.42. The number of imidazole rings is 1. The molecular weight excluding hydrogens is 292 g/mol. The summed E-state index contributed by atoms with van der Waals surface area (Å²) in [4.78, 5) is 26.9. The molecule has 1 atom stereocenters. The Morgan fingerprint density at radius 1 is 1.30 bits per heavy atom. The van der Waals surface area contributed by atoms with Gasteiger partial charge in [0.1, 0.15) is 6.54 Å². The third kappa shape index (κ3) is 2.67. The number of benzene rings is 1. The molecule has 0 aliphatic carbocycles. The number of para-hydroxylation sites is 2. The predicted octanol–water partition coefficient (Wildman–Crippen LogP) is 0.926. The summed E-state index contributed by atoms with van der Waals surface area (Å²) in [6, 6.07) is 7.64. The second-order valence-corrected chi connectivity index (χ2v) is 7.12. The molecule has 2 heterocycles. The lowest BCUT2D eigenvalue weighted by atomic mass is 9.79. The van der Waals surface area contributed by atoms with Gasteiger partial charge in [0.2, 0.25) is 5.91 Å². The first-order valence-corrected chi connectivity index (χ1v) is 7.99. The molecular formula is C17H24N4O2. The van der Waals surface area contributed by atoms with E-state index in [1.165, 1.54) is 0 Å². The van der Waals surface area contributed by atoms with Gasteiger partial charge in [0.25, 0.3) is 0 Å².